The number of methoxy groups -OCH3 is 2. The Morgan fingerprint density at radius 2 is 1.61 bits per heavy atom. The monoisotopic (exact) mass is 449 g/mol. The van der Waals surface area contributed by atoms with Crippen molar-refractivity contribution in [3.63, 3.8) is 0 Å². The van der Waals surface area contributed by atoms with Gasteiger partial charge in [-0.15, -0.1) is 10.2 Å². The van der Waals surface area contributed by atoms with Crippen molar-refractivity contribution in [1.82, 2.24) is 4.90 Å². The van der Waals surface area contributed by atoms with Gasteiger partial charge < -0.3 is 14.4 Å². The first-order chi connectivity index (χ1) is 15.6. The molecule has 0 aliphatic carbocycles. The Labute approximate surface area is 195 Å². The van der Waals surface area contributed by atoms with Gasteiger partial charge in [0.25, 0.3) is 5.91 Å². The van der Waals surface area contributed by atoms with Crippen LogP contribution in [0.15, 0.2) is 58.7 Å². The zero-order chi connectivity index (χ0) is 24.2. The number of hydrogen-bond donors (Lipinski definition) is 0. The molecular weight excluding hydrogens is 418 g/mol. The molecule has 1 amide bonds. The molecular formula is C26H31N3O4. The molecule has 0 fully saturated rings. The fourth-order valence-electron chi connectivity index (χ4n) is 3.71. The van der Waals surface area contributed by atoms with Crippen LogP contribution < -0.4 is 4.74 Å². The number of benzene rings is 2. The highest BCUT2D eigenvalue weighted by Gasteiger charge is 2.32. The van der Waals surface area contributed by atoms with E-state index in [9.17, 15) is 9.59 Å². The second-order valence-corrected chi connectivity index (χ2v) is 9.10. The topological polar surface area (TPSA) is 80.6 Å². The number of ether oxygens (including phenoxy) is 2. The molecule has 7 nitrogen and oxygen atoms in total. The van der Waals surface area contributed by atoms with Crippen LogP contribution in [0.25, 0.3) is 0 Å². The van der Waals surface area contributed by atoms with E-state index in [0.29, 0.717) is 17.2 Å². The van der Waals surface area contributed by atoms with Gasteiger partial charge in [0.2, 0.25) is 5.90 Å². The highest BCUT2D eigenvalue weighted by atomic mass is 16.5. The van der Waals surface area contributed by atoms with Gasteiger partial charge in [-0.25, -0.2) is 0 Å². The van der Waals surface area contributed by atoms with Crippen molar-refractivity contribution < 1.29 is 19.1 Å². The van der Waals surface area contributed by atoms with Gasteiger partial charge in [0.15, 0.2) is 5.78 Å². The summed E-state index contributed by atoms with van der Waals surface area (Å²) in [7, 11) is 4.69. The van der Waals surface area contributed by atoms with Gasteiger partial charge in [-0.05, 0) is 34.2 Å². The maximum absolute atomic E-state index is 13.5. The van der Waals surface area contributed by atoms with E-state index >= 15 is 0 Å². The molecule has 2 aromatic carbocycles. The normalized spacial score (nSPS) is 14.2. The van der Waals surface area contributed by atoms with Crippen molar-refractivity contribution in [2.75, 3.05) is 21.3 Å². The maximum Gasteiger partial charge on any atom is 0.271 e. The van der Waals surface area contributed by atoms with Crippen LogP contribution >= 0.6 is 0 Å². The molecule has 2 aromatic rings. The van der Waals surface area contributed by atoms with Crippen molar-refractivity contribution in [1.29, 1.82) is 0 Å². The summed E-state index contributed by atoms with van der Waals surface area (Å²) in [4.78, 5) is 28.1. The molecule has 174 valence electrons. The van der Waals surface area contributed by atoms with E-state index in [4.69, 9.17) is 9.47 Å². The number of hydrogen-bond acceptors (Lipinski definition) is 6. The van der Waals surface area contributed by atoms with E-state index in [-0.39, 0.29) is 35.7 Å². The minimum absolute atomic E-state index is 0.0337. The van der Waals surface area contributed by atoms with E-state index < -0.39 is 6.04 Å². The highest BCUT2D eigenvalue weighted by molar-refractivity contribution is 6.43. The molecule has 0 spiro atoms. The first-order valence-electron chi connectivity index (χ1n) is 10.8. The van der Waals surface area contributed by atoms with E-state index in [1.54, 1.807) is 38.4 Å². The molecule has 33 heavy (non-hydrogen) atoms. The van der Waals surface area contributed by atoms with Crippen molar-refractivity contribution in [2.24, 2.45) is 10.2 Å². The minimum Gasteiger partial charge on any atom is -0.497 e. The lowest BCUT2D eigenvalue weighted by molar-refractivity contribution is -0.133. The molecule has 3 rings (SSSR count). The lowest BCUT2D eigenvalue weighted by Crippen LogP contribution is -2.40. The fraction of sp³-hybridized carbons (Fsp3) is 0.385. The summed E-state index contributed by atoms with van der Waals surface area (Å²) in [6.45, 7) is 6.45. The second kappa shape index (κ2) is 9.98. The van der Waals surface area contributed by atoms with Crippen LogP contribution in [0.5, 0.6) is 5.75 Å². The summed E-state index contributed by atoms with van der Waals surface area (Å²) in [5.41, 5.74) is 3.08. The molecule has 1 heterocycles. The van der Waals surface area contributed by atoms with Crippen molar-refractivity contribution in [3.05, 3.63) is 65.2 Å². The summed E-state index contributed by atoms with van der Waals surface area (Å²) < 4.78 is 10.3. The number of amides is 1. The Morgan fingerprint density at radius 1 is 0.970 bits per heavy atom. The number of likely N-dealkylation sites (N-methyl/N-ethyl adjacent to an activating group) is 1. The highest BCUT2D eigenvalue weighted by Crippen LogP contribution is 2.27. The van der Waals surface area contributed by atoms with Gasteiger partial charge >= 0.3 is 0 Å². The van der Waals surface area contributed by atoms with Crippen LogP contribution in [0, 0.1) is 0 Å². The number of Topliss-reactive ketones (excluding diaryl/α,β-unsaturated/α-hetero) is 1. The van der Waals surface area contributed by atoms with E-state index in [2.05, 4.69) is 43.1 Å². The van der Waals surface area contributed by atoms with Crippen molar-refractivity contribution >= 4 is 23.3 Å². The summed E-state index contributed by atoms with van der Waals surface area (Å²) in [5.74, 6) is 0.599. The van der Waals surface area contributed by atoms with E-state index in [0.717, 1.165) is 5.56 Å². The summed E-state index contributed by atoms with van der Waals surface area (Å²) in [6, 6.07) is 14.5. The van der Waals surface area contributed by atoms with Crippen LogP contribution in [-0.4, -0.2) is 49.5 Å². The second-order valence-electron chi connectivity index (χ2n) is 9.10. The fourth-order valence-corrected chi connectivity index (χ4v) is 3.71. The third kappa shape index (κ3) is 5.66. The van der Waals surface area contributed by atoms with Crippen molar-refractivity contribution in [2.45, 2.75) is 45.1 Å². The van der Waals surface area contributed by atoms with Crippen molar-refractivity contribution in [3.8, 4) is 5.75 Å². The zero-order valence-corrected chi connectivity index (χ0v) is 20.1. The summed E-state index contributed by atoms with van der Waals surface area (Å²) in [5, 5.41) is 7.81. The molecule has 1 aliphatic rings. The standard InChI is InChI=1S/C26H31N3O4/c1-26(2,3)19-11-7-17(8-12-19)15-22(30)24(18-9-13-20(32-5)14-10-18)29(4)25(31)21-16-23(33-6)28-27-21/h7-14,24H,15-16H2,1-6H3. The van der Waals surface area contributed by atoms with Crippen LogP contribution in [0.1, 0.15) is 49.9 Å². The third-order valence-electron chi connectivity index (χ3n) is 5.73. The molecule has 1 aliphatic heterocycles. The van der Waals surface area contributed by atoms with Crippen LogP contribution in [0.4, 0.5) is 0 Å². The molecule has 7 heteroatoms. The molecule has 1 unspecified atom stereocenters. The Balaban J connectivity index is 1.86. The predicted octanol–water partition coefficient (Wildman–Crippen LogP) is 4.11. The van der Waals surface area contributed by atoms with Crippen LogP contribution in [0.2, 0.25) is 0 Å². The third-order valence-corrected chi connectivity index (χ3v) is 5.73. The first-order valence-corrected chi connectivity index (χ1v) is 10.8. The Bertz CT molecular complexity index is 1060. The first kappa shape index (κ1) is 24.2. The van der Waals surface area contributed by atoms with Crippen LogP contribution in [-0.2, 0) is 26.2 Å². The number of rotatable bonds is 7. The molecule has 0 radical (unpaired) electrons. The average Bonchev–Trinajstić information content (AvgIpc) is 3.28. The minimum atomic E-state index is -0.778. The lowest BCUT2D eigenvalue weighted by Gasteiger charge is -2.28. The van der Waals surface area contributed by atoms with E-state index in [1.807, 2.05) is 12.1 Å². The maximum atomic E-state index is 13.5. The number of nitrogens with zero attached hydrogens (tertiary/aromatic N) is 3. The SMILES string of the molecule is COC1=NN=C(C(=O)N(C)C(C(=O)Cc2ccc(C(C)(C)C)cc2)c2ccc(OC)cc2)C1. The Morgan fingerprint density at radius 3 is 2.12 bits per heavy atom. The number of ketones is 1. The summed E-state index contributed by atoms with van der Waals surface area (Å²) >= 11 is 0. The quantitative estimate of drug-likeness (QED) is 0.637. The van der Waals surface area contributed by atoms with Gasteiger partial charge in [-0.1, -0.05) is 57.2 Å². The van der Waals surface area contributed by atoms with Gasteiger partial charge in [0, 0.05) is 13.5 Å². The van der Waals surface area contributed by atoms with Gasteiger partial charge in [0.05, 0.1) is 20.6 Å². The summed E-state index contributed by atoms with van der Waals surface area (Å²) in [6.07, 6.45) is 0.405. The predicted molar refractivity (Wildman–Crippen MR) is 129 cm³/mol. The van der Waals surface area contributed by atoms with Gasteiger partial charge in [-0.2, -0.15) is 0 Å². The Hall–Kier alpha value is -3.48. The molecule has 0 saturated carbocycles. The molecule has 0 saturated heterocycles. The zero-order valence-electron chi connectivity index (χ0n) is 20.1. The molecule has 0 N–H and O–H groups in total. The lowest BCUT2D eigenvalue weighted by atomic mass is 9.86. The van der Waals surface area contributed by atoms with Gasteiger partial charge in [0.1, 0.15) is 17.5 Å². The average molecular weight is 450 g/mol. The molecule has 0 bridgehead atoms. The number of carbonyl (C=O) groups is 2. The number of carbonyl (C=O) groups excluding carboxylic acids is 2. The molecule has 0 aromatic heterocycles. The Kier molecular flexibility index (Phi) is 7.31. The largest absolute Gasteiger partial charge is 0.497 e. The smallest absolute Gasteiger partial charge is 0.271 e. The van der Waals surface area contributed by atoms with Gasteiger partial charge in [-0.3, -0.25) is 9.59 Å². The van der Waals surface area contributed by atoms with E-state index in [1.165, 1.54) is 17.6 Å². The van der Waals surface area contributed by atoms with Crippen LogP contribution in [0.3, 0.4) is 0 Å². The molecule has 1 atom stereocenters.